The van der Waals surface area contributed by atoms with Crippen molar-refractivity contribution in [2.24, 2.45) is 11.8 Å². The Bertz CT molecular complexity index is 1220. The molecule has 0 bridgehead atoms. The van der Waals surface area contributed by atoms with Crippen molar-refractivity contribution in [3.63, 3.8) is 0 Å². The molecule has 0 spiro atoms. The van der Waals surface area contributed by atoms with Gasteiger partial charge in [0.05, 0.1) is 17.9 Å². The van der Waals surface area contributed by atoms with Gasteiger partial charge in [0, 0.05) is 48.2 Å². The molecule has 3 rings (SSSR count). The van der Waals surface area contributed by atoms with Gasteiger partial charge in [-0.25, -0.2) is 4.79 Å². The van der Waals surface area contributed by atoms with E-state index in [9.17, 15) is 32.3 Å². The lowest BCUT2D eigenvalue weighted by Crippen LogP contribution is -2.40. The summed E-state index contributed by atoms with van der Waals surface area (Å²) < 4.78 is 45.1. The van der Waals surface area contributed by atoms with Gasteiger partial charge in [-0.2, -0.15) is 13.2 Å². The highest BCUT2D eigenvalue weighted by molar-refractivity contribution is 5.98. The molecule has 1 saturated heterocycles. The summed E-state index contributed by atoms with van der Waals surface area (Å²) in [5.74, 6) is -2.64. The summed E-state index contributed by atoms with van der Waals surface area (Å²) in [6, 6.07) is 7.22. The Morgan fingerprint density at radius 2 is 1.90 bits per heavy atom. The third-order valence-electron chi connectivity index (χ3n) is 6.58. The highest BCUT2D eigenvalue weighted by Crippen LogP contribution is 2.36. The summed E-state index contributed by atoms with van der Waals surface area (Å²) in [7, 11) is 0. The number of hydrogen-bond donors (Lipinski definition) is 3. The lowest BCUT2D eigenvalue weighted by atomic mass is 9.94. The van der Waals surface area contributed by atoms with Crippen LogP contribution in [-0.2, 0) is 25.3 Å². The molecule has 2 aromatic rings. The van der Waals surface area contributed by atoms with Crippen molar-refractivity contribution in [1.29, 1.82) is 0 Å². The number of Topliss-reactive ketones (excluding diaryl/α,β-unsaturated/α-hetero) is 1. The van der Waals surface area contributed by atoms with E-state index < -0.39 is 41.4 Å². The third kappa shape index (κ3) is 8.05. The smallest absolute Gasteiger partial charge is 0.417 e. The highest BCUT2D eigenvalue weighted by Gasteiger charge is 2.34. The number of carbonyl (C=O) groups is 4. The predicted octanol–water partition coefficient (Wildman–Crippen LogP) is 4.43. The first-order chi connectivity index (χ1) is 18.5. The van der Waals surface area contributed by atoms with Crippen molar-refractivity contribution in [3.05, 3.63) is 59.8 Å². The zero-order valence-electron chi connectivity index (χ0n) is 21.8. The minimum Gasteiger partial charge on any atom is -0.463 e. The fourth-order valence-electron chi connectivity index (χ4n) is 4.48. The van der Waals surface area contributed by atoms with Crippen LogP contribution in [0.5, 0.6) is 0 Å². The maximum atomic E-state index is 13.4. The van der Waals surface area contributed by atoms with Gasteiger partial charge in [-0.05, 0) is 44.4 Å². The fraction of sp³-hybridized carbons (Fsp3) is 0.429. The first kappa shape index (κ1) is 29.7. The van der Waals surface area contributed by atoms with E-state index in [1.165, 1.54) is 42.5 Å². The van der Waals surface area contributed by atoms with Gasteiger partial charge in [-0.15, -0.1) is 0 Å². The van der Waals surface area contributed by atoms with Crippen molar-refractivity contribution in [1.82, 2.24) is 15.6 Å². The maximum absolute atomic E-state index is 13.4. The van der Waals surface area contributed by atoms with E-state index in [0.29, 0.717) is 19.4 Å². The lowest BCUT2D eigenvalue weighted by molar-refractivity contribution is -0.138. The summed E-state index contributed by atoms with van der Waals surface area (Å²) in [5.41, 5.74) is -0.673. The van der Waals surface area contributed by atoms with Gasteiger partial charge in [-0.3, -0.25) is 14.4 Å². The van der Waals surface area contributed by atoms with Crippen LogP contribution in [0.15, 0.2) is 48.6 Å². The number of carbonyl (C=O) groups excluding carboxylic acids is 4. The topological polar surface area (TPSA) is 117 Å². The van der Waals surface area contributed by atoms with Crippen molar-refractivity contribution in [2.45, 2.75) is 51.7 Å². The highest BCUT2D eigenvalue weighted by atomic mass is 19.4. The Labute approximate surface area is 224 Å². The molecule has 210 valence electrons. The summed E-state index contributed by atoms with van der Waals surface area (Å²) in [5, 5.41) is 5.56. The van der Waals surface area contributed by atoms with Gasteiger partial charge in [0.2, 0.25) is 11.8 Å². The standard InChI is InChI=1S/C28H32F3N3O5/c1-3-17(27(38)33-19(9-12-25(36)39-4-2)15-18-13-14-32-26(18)37)16-24(35)23-11-10-22(34-23)20-7-5-6-8-21(20)28(29,30)31/h5-12,17-19,34H,3-4,13-16H2,1-2H3,(H,32,37)(H,33,38)/b12-9+/t17-,18+,19-/m1/s1. The van der Waals surface area contributed by atoms with Crippen LogP contribution in [0.25, 0.3) is 11.3 Å². The molecular weight excluding hydrogens is 515 g/mol. The molecule has 2 amide bonds. The molecule has 1 aromatic heterocycles. The van der Waals surface area contributed by atoms with Gasteiger partial charge >= 0.3 is 12.1 Å². The van der Waals surface area contributed by atoms with E-state index in [1.54, 1.807) is 13.8 Å². The van der Waals surface area contributed by atoms with Gasteiger partial charge in [0.15, 0.2) is 5.78 Å². The van der Waals surface area contributed by atoms with Gasteiger partial charge in [-0.1, -0.05) is 31.2 Å². The molecule has 0 radical (unpaired) electrons. The van der Waals surface area contributed by atoms with Gasteiger partial charge < -0.3 is 20.4 Å². The number of hydrogen-bond acceptors (Lipinski definition) is 5. The first-order valence-electron chi connectivity index (χ1n) is 12.8. The number of ether oxygens (including phenoxy) is 1. The number of ketones is 1. The number of benzene rings is 1. The van der Waals surface area contributed by atoms with E-state index in [0.717, 1.165) is 6.07 Å². The number of rotatable bonds is 12. The molecule has 1 aliphatic rings. The minimum atomic E-state index is -4.56. The monoisotopic (exact) mass is 547 g/mol. The predicted molar refractivity (Wildman–Crippen MR) is 137 cm³/mol. The molecular formula is C28H32F3N3O5. The zero-order valence-corrected chi connectivity index (χ0v) is 21.8. The lowest BCUT2D eigenvalue weighted by Gasteiger charge is -2.21. The Morgan fingerprint density at radius 1 is 1.15 bits per heavy atom. The van der Waals surface area contributed by atoms with Gasteiger partial charge in [0.1, 0.15) is 0 Å². The van der Waals surface area contributed by atoms with Crippen LogP contribution in [0, 0.1) is 11.8 Å². The molecule has 0 aliphatic carbocycles. The van der Waals surface area contributed by atoms with E-state index in [4.69, 9.17) is 4.74 Å². The largest absolute Gasteiger partial charge is 0.463 e. The number of amides is 2. The summed E-state index contributed by atoms with van der Waals surface area (Å²) >= 11 is 0. The number of aromatic nitrogens is 1. The molecule has 3 atom stereocenters. The minimum absolute atomic E-state index is 0.0824. The van der Waals surface area contributed by atoms with Crippen LogP contribution in [0.1, 0.15) is 55.6 Å². The van der Waals surface area contributed by atoms with Crippen LogP contribution >= 0.6 is 0 Å². The Balaban J connectivity index is 1.71. The Kier molecular flexibility index (Phi) is 10.1. The number of alkyl halides is 3. The van der Waals surface area contributed by atoms with Crippen LogP contribution in [0.2, 0.25) is 0 Å². The molecule has 3 N–H and O–H groups in total. The molecule has 0 saturated carbocycles. The second-order valence-corrected chi connectivity index (χ2v) is 9.30. The number of aromatic amines is 1. The summed E-state index contributed by atoms with van der Waals surface area (Å²) in [6.45, 7) is 4.13. The molecule has 1 aliphatic heterocycles. The van der Waals surface area contributed by atoms with Gasteiger partial charge in [0.25, 0.3) is 0 Å². The Morgan fingerprint density at radius 3 is 2.54 bits per heavy atom. The van der Waals surface area contributed by atoms with E-state index in [-0.39, 0.29) is 48.2 Å². The molecule has 2 heterocycles. The van der Waals surface area contributed by atoms with Crippen LogP contribution < -0.4 is 10.6 Å². The number of nitrogens with one attached hydrogen (secondary N) is 3. The zero-order chi connectivity index (χ0) is 28.6. The van der Waals surface area contributed by atoms with E-state index in [1.807, 2.05) is 0 Å². The van der Waals surface area contributed by atoms with E-state index in [2.05, 4.69) is 15.6 Å². The summed E-state index contributed by atoms with van der Waals surface area (Å²) in [6.07, 6.45) is -0.869. The SMILES string of the molecule is CCOC(=O)/C=C/[C@H](C[C@@H]1CCNC1=O)NC(=O)[C@H](CC)CC(=O)c1ccc(-c2ccccc2C(F)(F)F)[nH]1. The van der Waals surface area contributed by atoms with Crippen LogP contribution in [0.3, 0.4) is 0 Å². The average Bonchev–Trinajstić information content (AvgIpc) is 3.55. The van der Waals surface area contributed by atoms with Crippen LogP contribution in [-0.4, -0.2) is 47.7 Å². The number of halogens is 3. The molecule has 0 unspecified atom stereocenters. The molecule has 1 fully saturated rings. The fourth-order valence-corrected chi connectivity index (χ4v) is 4.48. The van der Waals surface area contributed by atoms with Crippen molar-refractivity contribution in [3.8, 4) is 11.3 Å². The maximum Gasteiger partial charge on any atom is 0.417 e. The second-order valence-electron chi connectivity index (χ2n) is 9.30. The van der Waals surface area contributed by atoms with E-state index >= 15 is 0 Å². The second kappa shape index (κ2) is 13.3. The Hall–Kier alpha value is -3.89. The van der Waals surface area contributed by atoms with Crippen LogP contribution in [0.4, 0.5) is 13.2 Å². The quantitative estimate of drug-likeness (QED) is 0.207. The van der Waals surface area contributed by atoms with Crippen molar-refractivity contribution < 1.29 is 37.1 Å². The van der Waals surface area contributed by atoms with Crippen molar-refractivity contribution in [2.75, 3.05) is 13.2 Å². The average molecular weight is 548 g/mol. The van der Waals surface area contributed by atoms with Crippen molar-refractivity contribution >= 4 is 23.6 Å². The molecule has 39 heavy (non-hydrogen) atoms. The third-order valence-corrected chi connectivity index (χ3v) is 6.58. The number of esters is 1. The normalized spacial score (nSPS) is 17.1. The molecule has 11 heteroatoms. The molecule has 8 nitrogen and oxygen atoms in total. The summed E-state index contributed by atoms with van der Waals surface area (Å²) in [4.78, 5) is 52.7. The molecule has 1 aromatic carbocycles. The first-order valence-corrected chi connectivity index (χ1v) is 12.8. The number of H-pyrrole nitrogens is 1.